The summed E-state index contributed by atoms with van der Waals surface area (Å²) in [6, 6.07) is 21.8. The quantitative estimate of drug-likeness (QED) is 0.469. The van der Waals surface area contributed by atoms with E-state index < -0.39 is 0 Å². The lowest BCUT2D eigenvalue weighted by Gasteiger charge is -2.20. The van der Waals surface area contributed by atoms with E-state index in [0.717, 1.165) is 22.2 Å². The molecule has 0 spiro atoms. The fraction of sp³-hybridized carbons (Fsp3) is 0.0909. The molecule has 1 amide bonds. The smallest absolute Gasteiger partial charge is 0.231 e. The van der Waals surface area contributed by atoms with E-state index in [-0.39, 0.29) is 23.5 Å². The summed E-state index contributed by atoms with van der Waals surface area (Å²) >= 11 is 1.19. The zero-order chi connectivity index (χ0) is 19.3. The fourth-order valence-corrected chi connectivity index (χ4v) is 3.80. The summed E-state index contributed by atoms with van der Waals surface area (Å²) in [4.78, 5) is 20.4. The van der Waals surface area contributed by atoms with Crippen molar-refractivity contribution in [3.05, 3.63) is 96.1 Å². The molecule has 0 saturated carbocycles. The molecule has 1 heterocycles. The van der Waals surface area contributed by atoms with Crippen molar-refractivity contribution in [1.29, 1.82) is 0 Å². The first kappa shape index (κ1) is 18.3. The van der Waals surface area contributed by atoms with Crippen LogP contribution >= 0.6 is 11.8 Å². The highest BCUT2D eigenvalue weighted by molar-refractivity contribution is 8.00. The number of H-pyrrole nitrogens is 1. The van der Waals surface area contributed by atoms with Gasteiger partial charge in [-0.15, -0.1) is 11.8 Å². The second-order valence-electron chi connectivity index (χ2n) is 6.31. The van der Waals surface area contributed by atoms with E-state index in [1.807, 2.05) is 48.5 Å². The second kappa shape index (κ2) is 8.27. The largest absolute Gasteiger partial charge is 0.345 e. The highest BCUT2D eigenvalue weighted by Crippen LogP contribution is 2.26. The summed E-state index contributed by atoms with van der Waals surface area (Å²) in [5.74, 6) is -0.340. The van der Waals surface area contributed by atoms with Crippen LogP contribution in [0, 0.1) is 5.82 Å². The molecule has 3 aromatic carbocycles. The monoisotopic (exact) mass is 391 g/mol. The number of aromatic nitrogens is 2. The lowest BCUT2D eigenvalue weighted by Crippen LogP contribution is -2.30. The number of nitrogens with zero attached hydrogens (tertiary/aromatic N) is 1. The SMILES string of the molecule is O=C(CSc1ccccc1F)NC(c1ccccc1)c1ccc2nc[nH]c2c1. The number of benzene rings is 3. The van der Waals surface area contributed by atoms with Gasteiger partial charge in [-0.25, -0.2) is 9.37 Å². The molecule has 0 aliphatic carbocycles. The normalized spacial score (nSPS) is 12.0. The molecule has 0 aliphatic rings. The molecule has 28 heavy (non-hydrogen) atoms. The van der Waals surface area contributed by atoms with Crippen LogP contribution in [-0.4, -0.2) is 21.6 Å². The van der Waals surface area contributed by atoms with E-state index in [2.05, 4.69) is 15.3 Å². The van der Waals surface area contributed by atoms with E-state index in [1.165, 1.54) is 17.8 Å². The summed E-state index contributed by atoms with van der Waals surface area (Å²) < 4.78 is 13.8. The molecule has 0 radical (unpaired) electrons. The molecular formula is C22H18FN3OS. The van der Waals surface area contributed by atoms with Crippen molar-refractivity contribution in [2.24, 2.45) is 0 Å². The van der Waals surface area contributed by atoms with Crippen molar-refractivity contribution in [3.8, 4) is 0 Å². The first-order valence-corrected chi connectivity index (χ1v) is 9.84. The van der Waals surface area contributed by atoms with Crippen LogP contribution in [0.25, 0.3) is 11.0 Å². The van der Waals surface area contributed by atoms with Gasteiger partial charge in [0.25, 0.3) is 0 Å². The molecule has 0 bridgehead atoms. The average Bonchev–Trinajstić information content (AvgIpc) is 3.20. The maximum atomic E-state index is 13.8. The number of hydrogen-bond acceptors (Lipinski definition) is 3. The number of amides is 1. The number of halogens is 1. The molecule has 0 aliphatic heterocycles. The Morgan fingerprint density at radius 1 is 1.04 bits per heavy atom. The Kier molecular flexibility index (Phi) is 5.39. The summed E-state index contributed by atoms with van der Waals surface area (Å²) in [6.45, 7) is 0. The average molecular weight is 391 g/mol. The summed E-state index contributed by atoms with van der Waals surface area (Å²) in [5, 5.41) is 3.08. The Balaban J connectivity index is 1.55. The van der Waals surface area contributed by atoms with E-state index in [0.29, 0.717) is 4.90 Å². The minimum Gasteiger partial charge on any atom is -0.345 e. The molecule has 4 aromatic rings. The van der Waals surface area contributed by atoms with Crippen LogP contribution in [0.2, 0.25) is 0 Å². The number of aromatic amines is 1. The number of carbonyl (C=O) groups excluding carboxylic acids is 1. The van der Waals surface area contributed by atoms with Gasteiger partial charge in [0, 0.05) is 4.90 Å². The van der Waals surface area contributed by atoms with Gasteiger partial charge in [-0.05, 0) is 35.4 Å². The van der Waals surface area contributed by atoms with E-state index in [1.54, 1.807) is 24.5 Å². The minimum atomic E-state index is -0.315. The van der Waals surface area contributed by atoms with Crippen LogP contribution in [0.4, 0.5) is 4.39 Å². The number of carbonyl (C=O) groups is 1. The predicted molar refractivity (Wildman–Crippen MR) is 110 cm³/mol. The Labute approximate surface area is 166 Å². The van der Waals surface area contributed by atoms with Gasteiger partial charge in [-0.2, -0.15) is 0 Å². The number of rotatable bonds is 6. The fourth-order valence-electron chi connectivity index (χ4n) is 3.05. The van der Waals surface area contributed by atoms with Gasteiger partial charge in [-0.1, -0.05) is 48.5 Å². The predicted octanol–water partition coefficient (Wildman–Crippen LogP) is 4.70. The standard InChI is InChI=1S/C22H18FN3OS/c23-17-8-4-5-9-20(17)28-13-21(27)26-22(15-6-2-1-3-7-15)16-10-11-18-19(12-16)25-14-24-18/h1-12,14,22H,13H2,(H,24,25)(H,26,27). The van der Waals surface area contributed by atoms with Gasteiger partial charge >= 0.3 is 0 Å². The lowest BCUT2D eigenvalue weighted by molar-refractivity contribution is -0.119. The van der Waals surface area contributed by atoms with Crippen molar-refractivity contribution in [1.82, 2.24) is 15.3 Å². The third kappa shape index (κ3) is 4.07. The van der Waals surface area contributed by atoms with Gasteiger partial charge in [0.2, 0.25) is 5.91 Å². The van der Waals surface area contributed by atoms with Crippen molar-refractivity contribution in [2.75, 3.05) is 5.75 Å². The van der Waals surface area contributed by atoms with Crippen LogP contribution < -0.4 is 5.32 Å². The molecule has 2 N–H and O–H groups in total. The second-order valence-corrected chi connectivity index (χ2v) is 7.33. The maximum Gasteiger partial charge on any atom is 0.231 e. The number of imidazole rings is 1. The third-order valence-corrected chi connectivity index (χ3v) is 5.46. The Morgan fingerprint density at radius 3 is 2.64 bits per heavy atom. The highest BCUT2D eigenvalue weighted by Gasteiger charge is 2.18. The molecular weight excluding hydrogens is 373 g/mol. The van der Waals surface area contributed by atoms with Crippen molar-refractivity contribution >= 4 is 28.7 Å². The molecule has 140 valence electrons. The molecule has 4 rings (SSSR count). The number of thioether (sulfide) groups is 1. The zero-order valence-electron chi connectivity index (χ0n) is 14.9. The van der Waals surface area contributed by atoms with Crippen LogP contribution in [0.3, 0.4) is 0 Å². The number of nitrogens with one attached hydrogen (secondary N) is 2. The van der Waals surface area contributed by atoms with E-state index in [9.17, 15) is 9.18 Å². The molecule has 0 fully saturated rings. The first-order chi connectivity index (χ1) is 13.7. The van der Waals surface area contributed by atoms with Crippen molar-refractivity contribution in [2.45, 2.75) is 10.9 Å². The Morgan fingerprint density at radius 2 is 1.82 bits per heavy atom. The molecule has 4 nitrogen and oxygen atoms in total. The van der Waals surface area contributed by atoms with Gasteiger partial charge < -0.3 is 10.3 Å². The van der Waals surface area contributed by atoms with Crippen molar-refractivity contribution in [3.63, 3.8) is 0 Å². The lowest BCUT2D eigenvalue weighted by atomic mass is 9.98. The molecule has 0 saturated heterocycles. The van der Waals surface area contributed by atoms with Gasteiger partial charge in [-0.3, -0.25) is 4.79 Å². The van der Waals surface area contributed by atoms with Crippen LogP contribution in [0.1, 0.15) is 17.2 Å². The number of hydrogen-bond donors (Lipinski definition) is 2. The topological polar surface area (TPSA) is 57.8 Å². The highest BCUT2D eigenvalue weighted by atomic mass is 32.2. The summed E-state index contributed by atoms with van der Waals surface area (Å²) in [7, 11) is 0. The van der Waals surface area contributed by atoms with Gasteiger partial charge in [0.1, 0.15) is 5.82 Å². The van der Waals surface area contributed by atoms with E-state index in [4.69, 9.17) is 0 Å². The summed E-state index contributed by atoms with van der Waals surface area (Å²) in [5.41, 5.74) is 3.71. The third-order valence-electron chi connectivity index (χ3n) is 4.41. The van der Waals surface area contributed by atoms with Crippen LogP contribution in [0.15, 0.2) is 84.0 Å². The molecule has 1 aromatic heterocycles. The summed E-state index contributed by atoms with van der Waals surface area (Å²) in [6.07, 6.45) is 1.65. The Bertz CT molecular complexity index is 1100. The number of fused-ring (bicyclic) bond motifs is 1. The van der Waals surface area contributed by atoms with Gasteiger partial charge in [0.05, 0.1) is 29.2 Å². The maximum absolute atomic E-state index is 13.8. The minimum absolute atomic E-state index is 0.135. The van der Waals surface area contributed by atoms with Crippen LogP contribution in [0.5, 0.6) is 0 Å². The zero-order valence-corrected chi connectivity index (χ0v) is 15.7. The van der Waals surface area contributed by atoms with Gasteiger partial charge in [0.15, 0.2) is 0 Å². The molecule has 6 heteroatoms. The molecule has 1 atom stereocenters. The van der Waals surface area contributed by atoms with Crippen LogP contribution in [-0.2, 0) is 4.79 Å². The Hall–Kier alpha value is -3.12. The molecule has 1 unspecified atom stereocenters. The van der Waals surface area contributed by atoms with Crippen molar-refractivity contribution < 1.29 is 9.18 Å². The van der Waals surface area contributed by atoms with E-state index >= 15 is 0 Å². The first-order valence-electron chi connectivity index (χ1n) is 8.85.